The van der Waals surface area contributed by atoms with Gasteiger partial charge in [-0.25, -0.2) is 0 Å². The van der Waals surface area contributed by atoms with Crippen LogP contribution in [-0.2, 0) is 4.79 Å². The van der Waals surface area contributed by atoms with Gasteiger partial charge in [-0.3, -0.25) is 4.79 Å². The molecule has 0 aliphatic heterocycles. The highest BCUT2D eigenvalue weighted by Gasteiger charge is 2.09. The van der Waals surface area contributed by atoms with Crippen LogP contribution in [0.1, 0.15) is 13.8 Å². The van der Waals surface area contributed by atoms with Crippen LogP contribution in [0.15, 0.2) is 0 Å². The van der Waals surface area contributed by atoms with Crippen molar-refractivity contribution in [2.75, 3.05) is 19.1 Å². The lowest BCUT2D eigenvalue weighted by molar-refractivity contribution is -0.128. The van der Waals surface area contributed by atoms with Crippen molar-refractivity contribution >= 4 is 17.7 Å². The molecule has 0 rings (SSSR count). The second kappa shape index (κ2) is 4.61. The normalized spacial score (nSPS) is 10.1. The Morgan fingerprint density at radius 1 is 1.60 bits per heavy atom. The average molecular weight is 161 g/mol. The van der Waals surface area contributed by atoms with E-state index < -0.39 is 0 Å². The lowest BCUT2D eigenvalue weighted by atomic mass is 10.3. The number of thioether (sulfide) groups is 1. The van der Waals surface area contributed by atoms with E-state index in [1.54, 1.807) is 16.7 Å². The Kier molecular flexibility index (Phi) is 4.52. The second-order valence-corrected chi connectivity index (χ2v) is 3.40. The topological polar surface area (TPSA) is 20.3 Å². The molecule has 0 N–H and O–H groups in total. The minimum absolute atomic E-state index is 0.211. The van der Waals surface area contributed by atoms with Crippen LogP contribution < -0.4 is 0 Å². The summed E-state index contributed by atoms with van der Waals surface area (Å²) >= 11 is 1.56. The quantitative estimate of drug-likeness (QED) is 0.620. The highest BCUT2D eigenvalue weighted by Crippen LogP contribution is 1.99. The van der Waals surface area contributed by atoms with Gasteiger partial charge in [0.2, 0.25) is 5.91 Å². The number of nitrogens with zero attached hydrogens (tertiary/aromatic N) is 1. The van der Waals surface area contributed by atoms with E-state index in [1.807, 2.05) is 27.2 Å². The van der Waals surface area contributed by atoms with Crippen LogP contribution in [0.4, 0.5) is 0 Å². The van der Waals surface area contributed by atoms with Gasteiger partial charge >= 0.3 is 0 Å². The molecular weight excluding hydrogens is 146 g/mol. The van der Waals surface area contributed by atoms with Crippen LogP contribution in [0.5, 0.6) is 0 Å². The molecule has 0 radical (unpaired) electrons. The zero-order valence-corrected chi connectivity index (χ0v) is 7.86. The number of amides is 1. The van der Waals surface area contributed by atoms with E-state index in [9.17, 15) is 4.79 Å². The lowest BCUT2D eigenvalue weighted by Gasteiger charge is -2.20. The summed E-state index contributed by atoms with van der Waals surface area (Å²) in [4.78, 5) is 12.8. The summed E-state index contributed by atoms with van der Waals surface area (Å²) in [6.07, 6.45) is 1.94. The van der Waals surface area contributed by atoms with Crippen molar-refractivity contribution in [3.8, 4) is 0 Å². The molecular formula is C7H15NOS. The standard InChI is InChI=1S/C7H15NOS/c1-6(2)8(3)7(9)5-10-4/h6H,5H2,1-4H3. The predicted octanol–water partition coefficient (Wildman–Crippen LogP) is 1.22. The summed E-state index contributed by atoms with van der Waals surface area (Å²) in [5.74, 6) is 0.803. The molecule has 3 heteroatoms. The van der Waals surface area contributed by atoms with Crippen molar-refractivity contribution in [2.24, 2.45) is 0 Å². The molecule has 0 unspecified atom stereocenters. The van der Waals surface area contributed by atoms with E-state index in [0.29, 0.717) is 11.8 Å². The van der Waals surface area contributed by atoms with Gasteiger partial charge in [-0.15, -0.1) is 0 Å². The van der Waals surface area contributed by atoms with E-state index in [1.165, 1.54) is 0 Å². The minimum atomic E-state index is 0.211. The summed E-state index contributed by atoms with van der Waals surface area (Å²) in [6.45, 7) is 4.02. The zero-order valence-electron chi connectivity index (χ0n) is 7.05. The summed E-state index contributed by atoms with van der Waals surface area (Å²) < 4.78 is 0. The maximum Gasteiger partial charge on any atom is 0.232 e. The van der Waals surface area contributed by atoms with Crippen LogP contribution in [0.3, 0.4) is 0 Å². The Morgan fingerprint density at radius 2 is 2.10 bits per heavy atom. The highest BCUT2D eigenvalue weighted by molar-refractivity contribution is 7.99. The third-order valence-electron chi connectivity index (χ3n) is 1.44. The zero-order chi connectivity index (χ0) is 8.15. The molecule has 0 bridgehead atoms. The number of hydrogen-bond donors (Lipinski definition) is 0. The molecule has 0 heterocycles. The second-order valence-electron chi connectivity index (χ2n) is 2.53. The largest absolute Gasteiger partial charge is 0.343 e. The maximum absolute atomic E-state index is 11.1. The van der Waals surface area contributed by atoms with Gasteiger partial charge in [0.15, 0.2) is 0 Å². The van der Waals surface area contributed by atoms with Gasteiger partial charge in [-0.2, -0.15) is 11.8 Å². The third kappa shape index (κ3) is 3.11. The Hall–Kier alpha value is -0.180. The summed E-state index contributed by atoms with van der Waals surface area (Å²) in [5, 5.41) is 0. The first-order chi connectivity index (χ1) is 4.59. The van der Waals surface area contributed by atoms with Crippen LogP contribution in [-0.4, -0.2) is 35.9 Å². The molecule has 0 aromatic heterocycles. The van der Waals surface area contributed by atoms with E-state index in [0.717, 1.165) is 0 Å². The molecule has 60 valence electrons. The number of hydrogen-bond acceptors (Lipinski definition) is 2. The molecule has 0 saturated carbocycles. The number of carbonyl (C=O) groups is 1. The molecule has 0 fully saturated rings. The molecule has 0 atom stereocenters. The Labute approximate surface area is 67.0 Å². The van der Waals surface area contributed by atoms with E-state index >= 15 is 0 Å². The first kappa shape index (κ1) is 9.82. The first-order valence-electron chi connectivity index (χ1n) is 3.34. The van der Waals surface area contributed by atoms with E-state index in [2.05, 4.69) is 0 Å². The molecule has 0 saturated heterocycles. The van der Waals surface area contributed by atoms with Crippen LogP contribution >= 0.6 is 11.8 Å². The molecule has 1 amide bonds. The fourth-order valence-corrected chi connectivity index (χ4v) is 0.964. The van der Waals surface area contributed by atoms with Gasteiger partial charge in [-0.05, 0) is 20.1 Å². The Morgan fingerprint density at radius 3 is 2.40 bits per heavy atom. The summed E-state index contributed by atoms with van der Waals surface area (Å²) in [5.41, 5.74) is 0. The van der Waals surface area contributed by atoms with E-state index in [-0.39, 0.29) is 5.91 Å². The monoisotopic (exact) mass is 161 g/mol. The predicted molar refractivity (Wildman–Crippen MR) is 46.3 cm³/mol. The van der Waals surface area contributed by atoms with Crippen molar-refractivity contribution in [1.29, 1.82) is 0 Å². The molecule has 0 aliphatic rings. The van der Waals surface area contributed by atoms with Gasteiger partial charge < -0.3 is 4.90 Å². The van der Waals surface area contributed by atoms with Gasteiger partial charge in [0.05, 0.1) is 5.75 Å². The van der Waals surface area contributed by atoms with Gasteiger partial charge in [0.25, 0.3) is 0 Å². The summed E-state index contributed by atoms with van der Waals surface area (Å²) in [6, 6.07) is 0.319. The first-order valence-corrected chi connectivity index (χ1v) is 4.73. The fourth-order valence-electron chi connectivity index (χ4n) is 0.513. The van der Waals surface area contributed by atoms with Crippen molar-refractivity contribution < 1.29 is 4.79 Å². The molecule has 10 heavy (non-hydrogen) atoms. The van der Waals surface area contributed by atoms with Crippen molar-refractivity contribution in [3.63, 3.8) is 0 Å². The lowest BCUT2D eigenvalue weighted by Crippen LogP contribution is -2.34. The average Bonchev–Trinajstić information content (AvgIpc) is 1.87. The molecule has 0 aromatic rings. The van der Waals surface area contributed by atoms with Gasteiger partial charge in [-0.1, -0.05) is 0 Å². The SMILES string of the molecule is CSCC(=O)N(C)C(C)C. The van der Waals surface area contributed by atoms with Gasteiger partial charge in [0.1, 0.15) is 0 Å². The maximum atomic E-state index is 11.1. The molecule has 0 aliphatic carbocycles. The Bertz CT molecular complexity index is 114. The van der Waals surface area contributed by atoms with Crippen LogP contribution in [0, 0.1) is 0 Å². The Balaban J connectivity index is 3.71. The van der Waals surface area contributed by atoms with Crippen molar-refractivity contribution in [2.45, 2.75) is 19.9 Å². The fraction of sp³-hybridized carbons (Fsp3) is 0.857. The molecule has 0 aromatic carbocycles. The summed E-state index contributed by atoms with van der Waals surface area (Å²) in [7, 11) is 1.84. The molecule has 0 spiro atoms. The van der Waals surface area contributed by atoms with Crippen LogP contribution in [0.2, 0.25) is 0 Å². The number of carbonyl (C=O) groups excluding carboxylic acids is 1. The molecule has 2 nitrogen and oxygen atoms in total. The third-order valence-corrected chi connectivity index (χ3v) is 1.97. The van der Waals surface area contributed by atoms with E-state index in [4.69, 9.17) is 0 Å². The minimum Gasteiger partial charge on any atom is -0.343 e. The smallest absolute Gasteiger partial charge is 0.232 e. The number of rotatable bonds is 3. The highest BCUT2D eigenvalue weighted by atomic mass is 32.2. The van der Waals surface area contributed by atoms with Crippen molar-refractivity contribution in [3.05, 3.63) is 0 Å². The van der Waals surface area contributed by atoms with Gasteiger partial charge in [0, 0.05) is 13.1 Å². The van der Waals surface area contributed by atoms with Crippen molar-refractivity contribution in [1.82, 2.24) is 4.90 Å². The van der Waals surface area contributed by atoms with Crippen LogP contribution in [0.25, 0.3) is 0 Å².